The summed E-state index contributed by atoms with van der Waals surface area (Å²) < 4.78 is 6.39. The molecule has 0 aliphatic carbocycles. The van der Waals surface area contributed by atoms with Crippen LogP contribution in [0.2, 0.25) is 0 Å². The molecular formula is C9H10BIO2. The van der Waals surface area contributed by atoms with Gasteiger partial charge in [0, 0.05) is 3.57 Å². The van der Waals surface area contributed by atoms with Crippen LogP contribution in [0, 0.1) is 17.4 Å². The van der Waals surface area contributed by atoms with Crippen molar-refractivity contribution in [2.75, 3.05) is 0 Å². The number of halogens is 1. The molecule has 1 aromatic carbocycles. The van der Waals surface area contributed by atoms with Crippen molar-refractivity contribution >= 4 is 35.2 Å². The normalized spacial score (nSPS) is 14.9. The van der Waals surface area contributed by atoms with E-state index in [-0.39, 0.29) is 0 Å². The lowest BCUT2D eigenvalue weighted by Gasteiger charge is -2.08. The molecule has 0 bridgehead atoms. The van der Waals surface area contributed by atoms with Crippen LogP contribution >= 0.6 is 22.6 Å². The number of rotatable bonds is 0. The molecule has 4 heteroatoms. The number of aryl methyl sites for hydroxylation is 1. The molecule has 0 unspecified atom stereocenters. The summed E-state index contributed by atoms with van der Waals surface area (Å²) in [4.78, 5) is 0. The van der Waals surface area contributed by atoms with Crippen LogP contribution in [-0.4, -0.2) is 12.1 Å². The molecule has 2 rings (SSSR count). The van der Waals surface area contributed by atoms with Gasteiger partial charge in [-0.1, -0.05) is 6.07 Å². The smallest absolute Gasteiger partial charge is 0.423 e. The van der Waals surface area contributed by atoms with Crippen LogP contribution in [0.5, 0.6) is 0 Å². The van der Waals surface area contributed by atoms with E-state index in [0.717, 1.165) is 16.6 Å². The molecule has 0 saturated heterocycles. The monoisotopic (exact) mass is 288 g/mol. The highest BCUT2D eigenvalue weighted by Crippen LogP contribution is 2.21. The Morgan fingerprint density at radius 3 is 2.92 bits per heavy atom. The number of hydrogen-bond acceptors (Lipinski definition) is 2. The first-order valence-electron chi connectivity index (χ1n) is 4.19. The molecule has 68 valence electrons. The van der Waals surface area contributed by atoms with Crippen LogP contribution in [0.25, 0.3) is 0 Å². The number of fused-ring (bicyclic) bond motifs is 1. The highest BCUT2D eigenvalue weighted by molar-refractivity contribution is 14.1. The Labute approximate surface area is 91.6 Å². The Bertz CT molecular complexity index is 365. The average Bonchev–Trinajstić information content (AvgIpc) is 2.43. The van der Waals surface area contributed by atoms with E-state index in [2.05, 4.69) is 35.6 Å². The van der Waals surface area contributed by atoms with Crippen LogP contribution in [0.4, 0.5) is 0 Å². The van der Waals surface area contributed by atoms with E-state index in [4.69, 9.17) is 4.65 Å². The molecule has 0 radical (unpaired) electrons. The van der Waals surface area contributed by atoms with Crippen molar-refractivity contribution in [3.05, 3.63) is 26.3 Å². The highest BCUT2D eigenvalue weighted by Gasteiger charge is 2.30. The molecule has 0 fully saturated rings. The Morgan fingerprint density at radius 1 is 1.54 bits per heavy atom. The van der Waals surface area contributed by atoms with Crippen molar-refractivity contribution in [1.82, 2.24) is 0 Å². The molecule has 0 aromatic heterocycles. The molecule has 13 heavy (non-hydrogen) atoms. The van der Waals surface area contributed by atoms with E-state index in [0.29, 0.717) is 6.61 Å². The quantitative estimate of drug-likeness (QED) is 0.573. The molecule has 0 amide bonds. The maximum atomic E-state index is 9.55. The minimum absolute atomic E-state index is 0.537. The van der Waals surface area contributed by atoms with Crippen LogP contribution < -0.4 is 5.46 Å². The van der Waals surface area contributed by atoms with Gasteiger partial charge in [0.25, 0.3) is 0 Å². The second kappa shape index (κ2) is 3.26. The van der Waals surface area contributed by atoms with E-state index in [9.17, 15) is 5.02 Å². The number of benzene rings is 1. The second-order valence-electron chi connectivity index (χ2n) is 3.37. The molecule has 1 aliphatic heterocycles. The molecule has 0 atom stereocenters. The fourth-order valence-electron chi connectivity index (χ4n) is 1.77. The first-order chi connectivity index (χ1) is 6.11. The van der Waals surface area contributed by atoms with Crippen molar-refractivity contribution in [2.45, 2.75) is 20.5 Å². The van der Waals surface area contributed by atoms with E-state index in [1.165, 1.54) is 9.13 Å². The van der Waals surface area contributed by atoms with Gasteiger partial charge in [0.2, 0.25) is 0 Å². The Kier molecular flexibility index (Phi) is 2.38. The maximum absolute atomic E-state index is 9.55. The van der Waals surface area contributed by atoms with E-state index < -0.39 is 7.12 Å². The molecular weight excluding hydrogens is 278 g/mol. The van der Waals surface area contributed by atoms with Gasteiger partial charge in [-0.25, -0.2) is 0 Å². The van der Waals surface area contributed by atoms with Crippen molar-refractivity contribution in [3.63, 3.8) is 0 Å². The second-order valence-corrected chi connectivity index (χ2v) is 4.45. The summed E-state index contributed by atoms with van der Waals surface area (Å²) >= 11 is 2.31. The largest absolute Gasteiger partial charge is 0.492 e. The first kappa shape index (κ1) is 9.49. The minimum Gasteiger partial charge on any atom is -0.423 e. The lowest BCUT2D eigenvalue weighted by molar-refractivity contribution is 0.275. The standard InChI is InChI=1S/C9H10BIO2/c1-5-3-7-4-13-10(12)8(7)6(2)9(5)11/h3,12H,4H2,1-2H3. The molecule has 1 aromatic rings. The summed E-state index contributed by atoms with van der Waals surface area (Å²) in [5.41, 5.74) is 4.51. The van der Waals surface area contributed by atoms with Gasteiger partial charge in [-0.3, -0.25) is 0 Å². The van der Waals surface area contributed by atoms with Crippen molar-refractivity contribution in [1.29, 1.82) is 0 Å². The third-order valence-corrected chi connectivity index (χ3v) is 4.12. The Morgan fingerprint density at radius 2 is 2.23 bits per heavy atom. The fraction of sp³-hybridized carbons (Fsp3) is 0.333. The van der Waals surface area contributed by atoms with Crippen LogP contribution in [0.3, 0.4) is 0 Å². The zero-order chi connectivity index (χ0) is 9.59. The summed E-state index contributed by atoms with van der Waals surface area (Å²) in [7, 11) is -0.718. The predicted octanol–water partition coefficient (Wildman–Crippen LogP) is 1.13. The third-order valence-electron chi connectivity index (χ3n) is 2.46. The molecule has 1 N–H and O–H groups in total. The van der Waals surface area contributed by atoms with Gasteiger partial charge < -0.3 is 9.68 Å². The molecule has 0 saturated carbocycles. The summed E-state index contributed by atoms with van der Waals surface area (Å²) in [6, 6.07) is 2.10. The first-order valence-corrected chi connectivity index (χ1v) is 5.27. The molecule has 0 spiro atoms. The summed E-state index contributed by atoms with van der Waals surface area (Å²) in [5, 5.41) is 9.55. The molecule has 2 nitrogen and oxygen atoms in total. The van der Waals surface area contributed by atoms with Gasteiger partial charge in [-0.2, -0.15) is 0 Å². The van der Waals surface area contributed by atoms with Gasteiger partial charge in [-0.15, -0.1) is 0 Å². The zero-order valence-electron chi connectivity index (χ0n) is 7.60. The topological polar surface area (TPSA) is 29.5 Å². The summed E-state index contributed by atoms with van der Waals surface area (Å²) in [6.07, 6.45) is 0. The van der Waals surface area contributed by atoms with Crippen molar-refractivity contribution in [3.8, 4) is 0 Å². The number of hydrogen-bond donors (Lipinski definition) is 1. The van der Waals surface area contributed by atoms with Crippen molar-refractivity contribution < 1.29 is 9.68 Å². The highest BCUT2D eigenvalue weighted by atomic mass is 127. The van der Waals surface area contributed by atoms with Crippen molar-refractivity contribution in [2.24, 2.45) is 0 Å². The van der Waals surface area contributed by atoms with Gasteiger partial charge in [-0.05, 0) is 58.6 Å². The van der Waals surface area contributed by atoms with Crippen LogP contribution in [0.15, 0.2) is 6.07 Å². The zero-order valence-corrected chi connectivity index (χ0v) is 9.75. The van der Waals surface area contributed by atoms with Gasteiger partial charge in [0.15, 0.2) is 0 Å². The van der Waals surface area contributed by atoms with Gasteiger partial charge in [0.05, 0.1) is 6.61 Å². The van der Waals surface area contributed by atoms with Crippen LogP contribution in [0.1, 0.15) is 16.7 Å². The molecule has 1 aliphatic rings. The Balaban J connectivity index is 2.68. The fourth-order valence-corrected chi connectivity index (χ4v) is 2.22. The lowest BCUT2D eigenvalue weighted by Crippen LogP contribution is -2.31. The van der Waals surface area contributed by atoms with E-state index in [1.54, 1.807) is 0 Å². The van der Waals surface area contributed by atoms with Crippen LogP contribution in [-0.2, 0) is 11.3 Å². The SMILES string of the molecule is Cc1cc2c(c(C)c1I)B(O)OC2. The summed E-state index contributed by atoms with van der Waals surface area (Å²) in [5.74, 6) is 0. The lowest BCUT2D eigenvalue weighted by atomic mass is 9.76. The van der Waals surface area contributed by atoms with Gasteiger partial charge >= 0.3 is 7.12 Å². The van der Waals surface area contributed by atoms with E-state index >= 15 is 0 Å². The average molecular weight is 288 g/mol. The molecule has 1 heterocycles. The van der Waals surface area contributed by atoms with E-state index in [1.807, 2.05) is 6.92 Å². The Hall–Kier alpha value is -0.0651. The predicted molar refractivity (Wildman–Crippen MR) is 61.0 cm³/mol. The third kappa shape index (κ3) is 1.41. The van der Waals surface area contributed by atoms with Gasteiger partial charge in [0.1, 0.15) is 0 Å². The summed E-state index contributed by atoms with van der Waals surface area (Å²) in [6.45, 7) is 4.65. The maximum Gasteiger partial charge on any atom is 0.492 e. The minimum atomic E-state index is -0.718.